The molecule has 1 aliphatic heterocycles. The minimum absolute atomic E-state index is 0.109. The first-order chi connectivity index (χ1) is 12.7. The summed E-state index contributed by atoms with van der Waals surface area (Å²) in [4.78, 5) is 12.3. The quantitative estimate of drug-likeness (QED) is 0.694. The molecule has 6 heteroatoms. The highest BCUT2D eigenvalue weighted by molar-refractivity contribution is 5.91. The minimum Gasteiger partial charge on any atom is -0.476 e. The Kier molecular flexibility index (Phi) is 3.82. The molecular weight excluding hydrogens is 332 g/mol. The highest BCUT2D eigenvalue weighted by Gasteiger charge is 2.85. The molecule has 1 aromatic heterocycles. The summed E-state index contributed by atoms with van der Waals surface area (Å²) in [5.41, 5.74) is 1.80. The van der Waals surface area contributed by atoms with Crippen LogP contribution in [0, 0.1) is 16.7 Å². The van der Waals surface area contributed by atoms with Crippen LogP contribution >= 0.6 is 0 Å². The summed E-state index contributed by atoms with van der Waals surface area (Å²) in [6.07, 6.45) is 11.5. The monoisotopic (exact) mass is 360 g/mol. The predicted octanol–water partition coefficient (Wildman–Crippen LogP) is 3.72. The molecule has 1 unspecified atom stereocenters. The Morgan fingerprint density at radius 3 is 2.69 bits per heavy atom. The zero-order valence-electron chi connectivity index (χ0n) is 15.5. The second-order valence-electron chi connectivity index (χ2n) is 8.37. The molecule has 142 valence electrons. The van der Waals surface area contributed by atoms with Crippen LogP contribution in [0.5, 0.6) is 5.88 Å². The average molecular weight is 360 g/mol. The molecule has 3 saturated carbocycles. The van der Waals surface area contributed by atoms with Gasteiger partial charge < -0.3 is 14.2 Å². The lowest BCUT2D eigenvalue weighted by Crippen LogP contribution is -2.18. The molecule has 4 fully saturated rings. The van der Waals surface area contributed by atoms with Gasteiger partial charge in [0.05, 0.1) is 13.2 Å². The molecule has 0 amide bonds. The van der Waals surface area contributed by atoms with Crippen molar-refractivity contribution in [2.75, 3.05) is 19.8 Å². The van der Waals surface area contributed by atoms with E-state index in [4.69, 9.17) is 14.2 Å². The summed E-state index contributed by atoms with van der Waals surface area (Å²) in [7, 11) is 0. The first-order valence-corrected chi connectivity index (χ1v) is 10.2. The fourth-order valence-electron chi connectivity index (χ4n) is 5.54. The van der Waals surface area contributed by atoms with Crippen molar-refractivity contribution < 1.29 is 19.0 Å². The minimum atomic E-state index is -0.367. The van der Waals surface area contributed by atoms with Gasteiger partial charge >= 0.3 is 5.97 Å². The van der Waals surface area contributed by atoms with E-state index in [1.54, 1.807) is 10.9 Å². The topological polar surface area (TPSA) is 62.6 Å². The fraction of sp³-hybridized carbons (Fsp3) is 0.800. The van der Waals surface area contributed by atoms with Gasteiger partial charge in [-0.25, -0.2) is 9.48 Å². The number of carbonyl (C=O) groups excluding carboxylic acids is 1. The maximum absolute atomic E-state index is 12.3. The predicted molar refractivity (Wildman–Crippen MR) is 94.0 cm³/mol. The number of carbonyl (C=O) groups is 1. The van der Waals surface area contributed by atoms with Gasteiger partial charge in [-0.05, 0) is 75.0 Å². The third kappa shape index (κ3) is 2.48. The standard InChI is InChI=1S/C20H28N2O4/c1-2-24-18(23)14-13-22(16-5-3-4-11-25-16)21-17(14)26-12-6-15-19(7-8-19)20(15)9-10-20/h13,15-16H,2-12H2,1H3. The number of nitrogens with zero attached hydrogens (tertiary/aromatic N) is 2. The zero-order chi connectivity index (χ0) is 17.8. The van der Waals surface area contributed by atoms with Crippen LogP contribution in [0.2, 0.25) is 0 Å². The highest BCUT2D eigenvalue weighted by Crippen LogP contribution is 2.93. The molecule has 2 spiro atoms. The molecular formula is C20H28N2O4. The second kappa shape index (κ2) is 5.98. The van der Waals surface area contributed by atoms with E-state index in [1.807, 2.05) is 6.92 Å². The number of rotatable bonds is 7. The van der Waals surface area contributed by atoms with Crippen molar-refractivity contribution in [2.24, 2.45) is 16.7 Å². The van der Waals surface area contributed by atoms with Crippen molar-refractivity contribution in [1.29, 1.82) is 0 Å². The summed E-state index contributed by atoms with van der Waals surface area (Å²) < 4.78 is 18.7. The molecule has 0 radical (unpaired) electrons. The lowest BCUT2D eigenvalue weighted by molar-refractivity contribution is -0.0400. The van der Waals surface area contributed by atoms with E-state index in [-0.39, 0.29) is 12.2 Å². The number of esters is 1. The van der Waals surface area contributed by atoms with E-state index in [0.29, 0.717) is 35.5 Å². The van der Waals surface area contributed by atoms with Crippen LogP contribution in [0.4, 0.5) is 0 Å². The van der Waals surface area contributed by atoms with Gasteiger partial charge in [-0.2, -0.15) is 0 Å². The van der Waals surface area contributed by atoms with Crippen molar-refractivity contribution in [3.63, 3.8) is 0 Å². The average Bonchev–Trinajstić information content (AvgIpc) is 3.60. The van der Waals surface area contributed by atoms with Crippen molar-refractivity contribution in [2.45, 2.75) is 64.5 Å². The first kappa shape index (κ1) is 16.6. The van der Waals surface area contributed by atoms with Gasteiger partial charge in [0, 0.05) is 12.8 Å². The van der Waals surface area contributed by atoms with Crippen LogP contribution in [-0.4, -0.2) is 35.6 Å². The largest absolute Gasteiger partial charge is 0.476 e. The molecule has 1 aromatic rings. The highest BCUT2D eigenvalue weighted by atomic mass is 16.5. The Hall–Kier alpha value is -1.56. The smallest absolute Gasteiger partial charge is 0.345 e. The number of hydrogen-bond acceptors (Lipinski definition) is 5. The van der Waals surface area contributed by atoms with Crippen LogP contribution < -0.4 is 4.74 Å². The van der Waals surface area contributed by atoms with Crippen LogP contribution in [-0.2, 0) is 9.47 Å². The Morgan fingerprint density at radius 1 is 1.31 bits per heavy atom. The van der Waals surface area contributed by atoms with Crippen molar-refractivity contribution >= 4 is 5.97 Å². The van der Waals surface area contributed by atoms with Gasteiger partial charge in [0.15, 0.2) is 0 Å². The van der Waals surface area contributed by atoms with Crippen molar-refractivity contribution in [3.05, 3.63) is 11.8 Å². The van der Waals surface area contributed by atoms with Crippen molar-refractivity contribution in [1.82, 2.24) is 9.78 Å². The van der Waals surface area contributed by atoms with Crippen LogP contribution in [0.25, 0.3) is 0 Å². The van der Waals surface area contributed by atoms with E-state index < -0.39 is 0 Å². The Balaban J connectivity index is 1.26. The van der Waals surface area contributed by atoms with Gasteiger partial charge in [0.25, 0.3) is 0 Å². The summed E-state index contributed by atoms with van der Waals surface area (Å²) in [6, 6.07) is 0. The van der Waals surface area contributed by atoms with Gasteiger partial charge in [0.1, 0.15) is 11.8 Å². The normalized spacial score (nSPS) is 27.5. The van der Waals surface area contributed by atoms with Crippen LogP contribution in [0.15, 0.2) is 6.20 Å². The lowest BCUT2D eigenvalue weighted by Gasteiger charge is -2.22. The molecule has 5 rings (SSSR count). The molecule has 1 saturated heterocycles. The van der Waals surface area contributed by atoms with Gasteiger partial charge in [-0.3, -0.25) is 0 Å². The number of hydrogen-bond donors (Lipinski definition) is 0. The van der Waals surface area contributed by atoms with E-state index in [0.717, 1.165) is 38.2 Å². The molecule has 2 heterocycles. The molecule has 0 bridgehead atoms. The number of aromatic nitrogens is 2. The van der Waals surface area contributed by atoms with E-state index in [9.17, 15) is 4.79 Å². The third-order valence-corrected chi connectivity index (χ3v) is 7.11. The summed E-state index contributed by atoms with van der Waals surface area (Å²) in [5, 5.41) is 4.53. The SMILES string of the molecule is CCOC(=O)c1cn(C2CCCCO2)nc1OCCC1C2(CC2)C12CC2. The molecule has 0 aromatic carbocycles. The van der Waals surface area contributed by atoms with Crippen LogP contribution in [0.1, 0.15) is 74.9 Å². The van der Waals surface area contributed by atoms with Gasteiger partial charge in [-0.15, -0.1) is 5.10 Å². The van der Waals surface area contributed by atoms with Crippen molar-refractivity contribution in [3.8, 4) is 5.88 Å². The summed E-state index contributed by atoms with van der Waals surface area (Å²) in [5.74, 6) is 0.867. The Morgan fingerprint density at radius 2 is 2.08 bits per heavy atom. The molecule has 26 heavy (non-hydrogen) atoms. The maximum Gasteiger partial charge on any atom is 0.345 e. The van der Waals surface area contributed by atoms with Gasteiger partial charge in [0.2, 0.25) is 5.88 Å². The molecule has 4 aliphatic rings. The maximum atomic E-state index is 12.3. The molecule has 1 atom stereocenters. The van der Waals surface area contributed by atoms with E-state index in [2.05, 4.69) is 5.10 Å². The second-order valence-corrected chi connectivity index (χ2v) is 8.37. The summed E-state index contributed by atoms with van der Waals surface area (Å²) in [6.45, 7) is 3.52. The zero-order valence-corrected chi connectivity index (χ0v) is 15.5. The van der Waals surface area contributed by atoms with Crippen LogP contribution in [0.3, 0.4) is 0 Å². The molecule has 3 aliphatic carbocycles. The molecule has 0 N–H and O–H groups in total. The Bertz CT molecular complexity index is 681. The number of ether oxygens (including phenoxy) is 3. The fourth-order valence-corrected chi connectivity index (χ4v) is 5.54. The van der Waals surface area contributed by atoms with E-state index in [1.165, 1.54) is 25.7 Å². The Labute approximate surface area is 154 Å². The first-order valence-electron chi connectivity index (χ1n) is 10.2. The molecule has 6 nitrogen and oxygen atoms in total. The third-order valence-electron chi connectivity index (χ3n) is 7.11. The lowest BCUT2D eigenvalue weighted by atomic mass is 10.2. The summed E-state index contributed by atoms with van der Waals surface area (Å²) >= 11 is 0. The number of fused-ring (bicyclic) bond motifs is 1. The van der Waals surface area contributed by atoms with Gasteiger partial charge in [-0.1, -0.05) is 0 Å². The van der Waals surface area contributed by atoms with E-state index >= 15 is 0 Å².